The quantitative estimate of drug-likeness (QED) is 0.431. The maximum atomic E-state index is 5.87. The van der Waals surface area contributed by atoms with Crippen molar-refractivity contribution < 1.29 is 4.74 Å². The second-order valence-electron chi connectivity index (χ2n) is 7.84. The number of aliphatic imine (C=N–C) groups is 1. The van der Waals surface area contributed by atoms with Gasteiger partial charge in [0.15, 0.2) is 5.96 Å². The van der Waals surface area contributed by atoms with E-state index in [1.54, 1.807) is 0 Å². The zero-order chi connectivity index (χ0) is 16.2. The van der Waals surface area contributed by atoms with E-state index in [-0.39, 0.29) is 5.41 Å². The molecule has 4 nitrogen and oxygen atoms in total. The van der Waals surface area contributed by atoms with Gasteiger partial charge in [0.05, 0.1) is 6.10 Å². The third kappa shape index (κ3) is 3.95. The van der Waals surface area contributed by atoms with Crippen LogP contribution in [0.25, 0.3) is 0 Å². The largest absolute Gasteiger partial charge is 0.377 e. The standard InChI is InChI=1S/C18H35N3O/c1-6-19-17(20-11-8-7-9-13(2)3)21-15-14-10-12-22-16(14)18(15,4)5/h13-16H,6-12H2,1-5H3,(H2,19,20,21). The van der Waals surface area contributed by atoms with Gasteiger partial charge in [0.2, 0.25) is 0 Å². The molecule has 1 aliphatic heterocycles. The number of ether oxygens (including phenoxy) is 1. The summed E-state index contributed by atoms with van der Waals surface area (Å²) in [6.07, 6.45) is 5.36. The molecule has 2 aliphatic rings. The van der Waals surface area contributed by atoms with Crippen molar-refractivity contribution in [1.82, 2.24) is 10.6 Å². The molecule has 1 aliphatic carbocycles. The van der Waals surface area contributed by atoms with Crippen LogP contribution in [0.5, 0.6) is 0 Å². The van der Waals surface area contributed by atoms with Crippen molar-refractivity contribution in [3.05, 3.63) is 0 Å². The van der Waals surface area contributed by atoms with Gasteiger partial charge in [0.1, 0.15) is 0 Å². The third-order valence-electron chi connectivity index (χ3n) is 5.20. The van der Waals surface area contributed by atoms with Gasteiger partial charge >= 0.3 is 0 Å². The Morgan fingerprint density at radius 1 is 1.32 bits per heavy atom. The molecule has 3 unspecified atom stereocenters. The van der Waals surface area contributed by atoms with Gasteiger partial charge in [0.25, 0.3) is 0 Å². The van der Waals surface area contributed by atoms with E-state index in [2.05, 4.69) is 45.3 Å². The molecule has 3 atom stereocenters. The molecule has 1 saturated carbocycles. The number of rotatable bonds is 7. The van der Waals surface area contributed by atoms with Crippen molar-refractivity contribution >= 4 is 5.96 Å². The fourth-order valence-electron chi connectivity index (χ4n) is 3.94. The van der Waals surface area contributed by atoms with Crippen LogP contribution in [-0.4, -0.2) is 37.8 Å². The van der Waals surface area contributed by atoms with Crippen molar-refractivity contribution in [2.45, 2.75) is 72.4 Å². The summed E-state index contributed by atoms with van der Waals surface area (Å²) in [6, 6.07) is 0.480. The number of guanidine groups is 1. The molecule has 1 saturated heterocycles. The minimum atomic E-state index is 0.203. The summed E-state index contributed by atoms with van der Waals surface area (Å²) < 4.78 is 5.87. The monoisotopic (exact) mass is 309 g/mol. The van der Waals surface area contributed by atoms with Crippen molar-refractivity contribution in [1.29, 1.82) is 0 Å². The SMILES string of the molecule is CCNC(=NCCCCC(C)C)NC1C2CCOC2C1(C)C. The molecule has 0 spiro atoms. The Labute approximate surface area is 136 Å². The average molecular weight is 309 g/mol. The molecular weight excluding hydrogens is 274 g/mol. The van der Waals surface area contributed by atoms with E-state index in [1.165, 1.54) is 25.7 Å². The molecule has 2 N–H and O–H groups in total. The van der Waals surface area contributed by atoms with Gasteiger partial charge in [-0.15, -0.1) is 0 Å². The Bertz CT molecular complexity index is 379. The highest BCUT2D eigenvalue weighted by Gasteiger charge is 2.59. The number of nitrogens with zero attached hydrogens (tertiary/aromatic N) is 1. The van der Waals surface area contributed by atoms with Gasteiger partial charge in [-0.05, 0) is 25.7 Å². The van der Waals surface area contributed by atoms with Gasteiger partial charge in [0, 0.05) is 37.1 Å². The zero-order valence-electron chi connectivity index (χ0n) is 15.1. The van der Waals surface area contributed by atoms with Crippen LogP contribution < -0.4 is 10.6 Å². The van der Waals surface area contributed by atoms with Crippen LogP contribution in [-0.2, 0) is 4.74 Å². The third-order valence-corrected chi connectivity index (χ3v) is 5.20. The fourth-order valence-corrected chi connectivity index (χ4v) is 3.94. The number of nitrogens with one attached hydrogen (secondary N) is 2. The summed E-state index contributed by atoms with van der Waals surface area (Å²) in [5.41, 5.74) is 0.203. The van der Waals surface area contributed by atoms with Crippen molar-refractivity contribution in [3.63, 3.8) is 0 Å². The van der Waals surface area contributed by atoms with E-state index < -0.39 is 0 Å². The molecule has 0 aromatic rings. The number of unbranched alkanes of at least 4 members (excludes halogenated alkanes) is 1. The topological polar surface area (TPSA) is 45.7 Å². The van der Waals surface area contributed by atoms with Gasteiger partial charge < -0.3 is 15.4 Å². The Morgan fingerprint density at radius 2 is 2.09 bits per heavy atom. The summed E-state index contributed by atoms with van der Waals surface area (Å²) in [5, 5.41) is 7.07. The lowest BCUT2D eigenvalue weighted by atomic mass is 9.57. The number of fused-ring (bicyclic) bond motifs is 1. The first kappa shape index (κ1) is 17.6. The van der Waals surface area contributed by atoms with E-state index in [0.717, 1.165) is 31.6 Å². The normalized spacial score (nSPS) is 30.1. The molecule has 0 radical (unpaired) electrons. The van der Waals surface area contributed by atoms with E-state index in [1.807, 2.05) is 0 Å². The van der Waals surface area contributed by atoms with Crippen molar-refractivity contribution in [2.75, 3.05) is 19.7 Å². The zero-order valence-corrected chi connectivity index (χ0v) is 15.1. The summed E-state index contributed by atoms with van der Waals surface area (Å²) in [7, 11) is 0. The molecule has 0 aromatic carbocycles. The lowest BCUT2D eigenvalue weighted by Crippen LogP contribution is -2.67. The lowest BCUT2D eigenvalue weighted by molar-refractivity contribution is -0.106. The molecule has 4 heteroatoms. The molecule has 0 bridgehead atoms. The second-order valence-corrected chi connectivity index (χ2v) is 7.84. The van der Waals surface area contributed by atoms with Crippen LogP contribution in [0.1, 0.15) is 60.3 Å². The van der Waals surface area contributed by atoms with E-state index in [4.69, 9.17) is 9.73 Å². The predicted octanol–water partition coefficient (Wildman–Crippen LogP) is 3.18. The van der Waals surface area contributed by atoms with Crippen LogP contribution in [0.4, 0.5) is 0 Å². The van der Waals surface area contributed by atoms with Crippen LogP contribution >= 0.6 is 0 Å². The molecular formula is C18H35N3O. The molecule has 128 valence electrons. The molecule has 0 amide bonds. The summed E-state index contributed by atoms with van der Waals surface area (Å²) in [4.78, 5) is 4.77. The molecule has 1 heterocycles. The van der Waals surface area contributed by atoms with Crippen LogP contribution in [0.2, 0.25) is 0 Å². The Morgan fingerprint density at radius 3 is 2.77 bits per heavy atom. The number of hydrogen-bond acceptors (Lipinski definition) is 2. The van der Waals surface area contributed by atoms with E-state index in [9.17, 15) is 0 Å². The predicted molar refractivity (Wildman–Crippen MR) is 93.2 cm³/mol. The first-order chi connectivity index (χ1) is 10.5. The highest BCUT2D eigenvalue weighted by atomic mass is 16.5. The highest BCUT2D eigenvalue weighted by molar-refractivity contribution is 5.80. The molecule has 2 rings (SSSR count). The maximum absolute atomic E-state index is 5.87. The van der Waals surface area contributed by atoms with Gasteiger partial charge in [-0.2, -0.15) is 0 Å². The van der Waals surface area contributed by atoms with Gasteiger partial charge in [-0.25, -0.2) is 0 Å². The lowest BCUT2D eigenvalue weighted by Gasteiger charge is -2.54. The summed E-state index contributed by atoms with van der Waals surface area (Å²) in [5.74, 6) is 2.43. The Kier molecular flexibility index (Phi) is 6.13. The van der Waals surface area contributed by atoms with Crippen LogP contribution in [0.15, 0.2) is 4.99 Å². The van der Waals surface area contributed by atoms with Gasteiger partial charge in [-0.3, -0.25) is 4.99 Å². The Balaban J connectivity index is 1.83. The fraction of sp³-hybridized carbons (Fsp3) is 0.944. The number of hydrogen-bond donors (Lipinski definition) is 2. The summed E-state index contributed by atoms with van der Waals surface area (Å²) >= 11 is 0. The molecule has 0 aromatic heterocycles. The Hall–Kier alpha value is -0.770. The van der Waals surface area contributed by atoms with Crippen molar-refractivity contribution in [2.24, 2.45) is 22.2 Å². The first-order valence-electron chi connectivity index (χ1n) is 9.13. The van der Waals surface area contributed by atoms with E-state index in [0.29, 0.717) is 18.1 Å². The summed E-state index contributed by atoms with van der Waals surface area (Å²) in [6.45, 7) is 14.1. The smallest absolute Gasteiger partial charge is 0.191 e. The van der Waals surface area contributed by atoms with Crippen LogP contribution in [0.3, 0.4) is 0 Å². The van der Waals surface area contributed by atoms with Crippen molar-refractivity contribution in [3.8, 4) is 0 Å². The van der Waals surface area contributed by atoms with Gasteiger partial charge in [-0.1, -0.05) is 40.5 Å². The molecule has 22 heavy (non-hydrogen) atoms. The minimum Gasteiger partial charge on any atom is -0.377 e. The maximum Gasteiger partial charge on any atom is 0.191 e. The molecule has 2 fully saturated rings. The first-order valence-corrected chi connectivity index (χ1v) is 9.13. The highest BCUT2D eigenvalue weighted by Crippen LogP contribution is 2.52. The van der Waals surface area contributed by atoms with E-state index >= 15 is 0 Å². The average Bonchev–Trinajstić information content (AvgIpc) is 2.90. The second kappa shape index (κ2) is 7.67. The van der Waals surface area contributed by atoms with Crippen LogP contribution in [0, 0.1) is 17.3 Å². The minimum absolute atomic E-state index is 0.203.